The van der Waals surface area contributed by atoms with E-state index in [1.807, 2.05) is 30.0 Å². The van der Waals surface area contributed by atoms with Gasteiger partial charge in [0.2, 0.25) is 0 Å². The van der Waals surface area contributed by atoms with Gasteiger partial charge in [-0.3, -0.25) is 4.79 Å². The molecule has 0 spiro atoms. The first-order chi connectivity index (χ1) is 11.3. The highest BCUT2D eigenvalue weighted by Gasteiger charge is 2.20. The summed E-state index contributed by atoms with van der Waals surface area (Å²) in [5, 5.41) is 8.64. The number of aromatic nitrogens is 3. The highest BCUT2D eigenvalue weighted by atomic mass is 32.3. The van der Waals surface area contributed by atoms with Crippen LogP contribution in [0.2, 0.25) is 0 Å². The number of nitrogens with zero attached hydrogens (tertiary/aromatic N) is 3. The Balaban J connectivity index is 2.71. The third-order valence-electron chi connectivity index (χ3n) is 3.30. The Kier molecular flexibility index (Phi) is 8.86. The molecule has 8 heteroatoms. The third kappa shape index (κ3) is 7.27. The maximum atomic E-state index is 11.1. The molecule has 0 amide bonds. The summed E-state index contributed by atoms with van der Waals surface area (Å²) in [7, 11) is 0.700. The van der Waals surface area contributed by atoms with Gasteiger partial charge in [0.15, 0.2) is 0 Å². The van der Waals surface area contributed by atoms with Crippen LogP contribution in [0.5, 0.6) is 0 Å². The SMILES string of the molecule is COC(=O)CC/C=C\C[C@H](OSC)c1nnn(CS(C)(C)C)c1C. The molecular formula is C16H29N3O3S2. The van der Waals surface area contributed by atoms with Gasteiger partial charge >= 0.3 is 5.97 Å². The molecule has 1 rings (SSSR count). The second-order valence-corrected chi connectivity index (χ2v) is 11.3. The lowest BCUT2D eigenvalue weighted by Crippen LogP contribution is -2.09. The van der Waals surface area contributed by atoms with Gasteiger partial charge in [-0.15, -0.1) is 5.10 Å². The summed E-state index contributed by atoms with van der Waals surface area (Å²) in [5.41, 5.74) is 1.94. The van der Waals surface area contributed by atoms with Crippen molar-refractivity contribution in [3.8, 4) is 0 Å². The van der Waals surface area contributed by atoms with E-state index >= 15 is 0 Å². The zero-order chi connectivity index (χ0) is 18.2. The van der Waals surface area contributed by atoms with E-state index in [2.05, 4.69) is 33.8 Å². The Labute approximate surface area is 150 Å². The van der Waals surface area contributed by atoms with Gasteiger partial charge < -0.3 is 8.92 Å². The van der Waals surface area contributed by atoms with Gasteiger partial charge in [0.1, 0.15) is 11.8 Å². The molecule has 138 valence electrons. The van der Waals surface area contributed by atoms with E-state index in [4.69, 9.17) is 4.18 Å². The summed E-state index contributed by atoms with van der Waals surface area (Å²) in [6.07, 6.45) is 14.3. The van der Waals surface area contributed by atoms with Crippen LogP contribution in [0.15, 0.2) is 12.2 Å². The molecule has 1 aromatic heterocycles. The highest BCUT2D eigenvalue weighted by molar-refractivity contribution is 8.31. The van der Waals surface area contributed by atoms with E-state index in [-0.39, 0.29) is 12.1 Å². The van der Waals surface area contributed by atoms with Gasteiger partial charge in [-0.25, -0.2) is 14.7 Å². The van der Waals surface area contributed by atoms with E-state index in [9.17, 15) is 4.79 Å². The van der Waals surface area contributed by atoms with Crippen LogP contribution in [0.1, 0.15) is 36.8 Å². The smallest absolute Gasteiger partial charge is 0.305 e. The maximum absolute atomic E-state index is 11.1. The fourth-order valence-electron chi connectivity index (χ4n) is 2.11. The second-order valence-electron chi connectivity index (χ2n) is 6.35. The van der Waals surface area contributed by atoms with Crippen LogP contribution in [0.25, 0.3) is 0 Å². The molecular weight excluding hydrogens is 346 g/mol. The number of carbonyl (C=O) groups excluding carboxylic acids is 1. The van der Waals surface area contributed by atoms with Gasteiger partial charge in [-0.1, -0.05) is 17.4 Å². The molecule has 1 aromatic rings. The van der Waals surface area contributed by atoms with Crippen molar-refractivity contribution in [3.63, 3.8) is 0 Å². The minimum absolute atomic E-state index is 0.141. The first-order valence-corrected chi connectivity index (χ1v) is 11.9. The summed E-state index contributed by atoms with van der Waals surface area (Å²) < 4.78 is 12.4. The van der Waals surface area contributed by atoms with Crippen molar-refractivity contribution in [1.29, 1.82) is 0 Å². The topological polar surface area (TPSA) is 66.2 Å². The lowest BCUT2D eigenvalue weighted by atomic mass is 10.1. The molecule has 0 aromatic carbocycles. The molecule has 0 unspecified atom stereocenters. The van der Waals surface area contributed by atoms with E-state index in [1.54, 1.807) is 0 Å². The van der Waals surface area contributed by atoms with Crippen LogP contribution >= 0.6 is 22.1 Å². The molecule has 6 nitrogen and oxygen atoms in total. The molecule has 0 N–H and O–H groups in total. The van der Waals surface area contributed by atoms with Crippen LogP contribution in [-0.2, 0) is 19.6 Å². The van der Waals surface area contributed by atoms with Crippen LogP contribution in [0, 0.1) is 6.92 Å². The van der Waals surface area contributed by atoms with E-state index in [0.717, 1.165) is 17.3 Å². The molecule has 1 atom stereocenters. The summed E-state index contributed by atoms with van der Waals surface area (Å²) in [6, 6.07) is 0. The third-order valence-corrected chi connectivity index (χ3v) is 4.75. The first-order valence-electron chi connectivity index (χ1n) is 7.75. The van der Waals surface area contributed by atoms with Gasteiger partial charge in [-0.2, -0.15) is 0 Å². The monoisotopic (exact) mass is 375 g/mol. The number of carbonyl (C=O) groups is 1. The summed E-state index contributed by atoms with van der Waals surface area (Å²) in [5.74, 6) is 0.701. The molecule has 0 saturated heterocycles. The van der Waals surface area contributed by atoms with Crippen LogP contribution in [0.3, 0.4) is 0 Å². The zero-order valence-electron chi connectivity index (χ0n) is 15.4. The standard InChI is InChI=1S/C16H29N3O3S2/c1-13-16(17-18-19(13)12-24(4,5)6)14(22-23-3)10-8-7-9-11-15(20)21-2/h7-8,14H,9-12H2,1-6H3/b8-7-/t14-/m0/s1. The maximum Gasteiger partial charge on any atom is 0.305 e. The predicted octanol–water partition coefficient (Wildman–Crippen LogP) is 3.47. The fourth-order valence-corrected chi connectivity index (χ4v) is 3.50. The molecule has 0 radical (unpaired) electrons. The van der Waals surface area contributed by atoms with E-state index < -0.39 is 10.0 Å². The number of esters is 1. The molecule has 0 aliphatic rings. The van der Waals surface area contributed by atoms with Crippen LogP contribution < -0.4 is 0 Å². The quantitative estimate of drug-likeness (QED) is 0.354. The number of ether oxygens (including phenoxy) is 1. The largest absolute Gasteiger partial charge is 0.469 e. The Morgan fingerprint density at radius 1 is 1.38 bits per heavy atom. The number of methoxy groups -OCH3 is 1. The average Bonchev–Trinajstić information content (AvgIpc) is 2.85. The molecule has 0 aliphatic carbocycles. The lowest BCUT2D eigenvalue weighted by molar-refractivity contribution is -0.140. The van der Waals surface area contributed by atoms with Crippen molar-refractivity contribution in [2.45, 2.75) is 38.2 Å². The normalized spacial score (nSPS) is 14.1. The number of hydrogen-bond donors (Lipinski definition) is 0. The summed E-state index contributed by atoms with van der Waals surface area (Å²) in [6.45, 7) is 2.04. The number of hydrogen-bond acceptors (Lipinski definition) is 6. The molecule has 0 saturated carbocycles. The molecule has 0 fully saturated rings. The van der Waals surface area contributed by atoms with Crippen molar-refractivity contribution in [2.75, 3.05) is 32.1 Å². The minimum atomic E-state index is -0.703. The van der Waals surface area contributed by atoms with Crippen molar-refractivity contribution >= 4 is 28.0 Å². The molecule has 0 aliphatic heterocycles. The van der Waals surface area contributed by atoms with Crippen molar-refractivity contribution in [2.24, 2.45) is 0 Å². The Morgan fingerprint density at radius 2 is 2.08 bits per heavy atom. The number of allylic oxidation sites excluding steroid dienone is 1. The van der Waals surface area contributed by atoms with E-state index in [0.29, 0.717) is 19.3 Å². The van der Waals surface area contributed by atoms with E-state index in [1.165, 1.54) is 19.2 Å². The van der Waals surface area contributed by atoms with Gasteiger partial charge in [0.25, 0.3) is 0 Å². The van der Waals surface area contributed by atoms with Gasteiger partial charge in [0.05, 0.1) is 18.7 Å². The molecule has 1 heterocycles. The highest BCUT2D eigenvalue weighted by Crippen LogP contribution is 2.37. The van der Waals surface area contributed by atoms with Crippen molar-refractivity contribution < 1.29 is 13.7 Å². The van der Waals surface area contributed by atoms with Gasteiger partial charge in [0, 0.05) is 12.7 Å². The predicted molar refractivity (Wildman–Crippen MR) is 102 cm³/mol. The minimum Gasteiger partial charge on any atom is -0.469 e. The summed E-state index contributed by atoms with van der Waals surface area (Å²) in [4.78, 5) is 11.1. The summed E-state index contributed by atoms with van der Waals surface area (Å²) >= 11 is 1.33. The first kappa shape index (κ1) is 21.1. The lowest BCUT2D eigenvalue weighted by Gasteiger charge is -2.25. The Morgan fingerprint density at radius 3 is 2.67 bits per heavy atom. The Bertz CT molecular complexity index is 553. The molecule has 24 heavy (non-hydrogen) atoms. The van der Waals surface area contributed by atoms with Crippen molar-refractivity contribution in [3.05, 3.63) is 23.5 Å². The van der Waals surface area contributed by atoms with Crippen molar-refractivity contribution in [1.82, 2.24) is 15.0 Å². The fraction of sp³-hybridized carbons (Fsp3) is 0.688. The Hall–Kier alpha value is -0.990. The van der Waals surface area contributed by atoms with Gasteiger partial charge in [-0.05, 0) is 50.6 Å². The average molecular weight is 376 g/mol. The molecule has 0 bridgehead atoms. The van der Waals surface area contributed by atoms with Crippen LogP contribution in [0.4, 0.5) is 0 Å². The second kappa shape index (κ2) is 10.1. The van der Waals surface area contributed by atoms with Crippen LogP contribution in [-0.4, -0.2) is 53.1 Å². The zero-order valence-corrected chi connectivity index (χ0v) is 17.1. The number of rotatable bonds is 10.